The minimum absolute atomic E-state index is 0.0617. The van der Waals surface area contributed by atoms with Crippen LogP contribution in [0.3, 0.4) is 0 Å². The number of carboxylic acid groups (broad SMARTS) is 2. The zero-order valence-electron chi connectivity index (χ0n) is 50.1. The van der Waals surface area contributed by atoms with Crippen LogP contribution < -0.4 is 58.9 Å². The zero-order valence-corrected chi connectivity index (χ0v) is 51.9. The average molecular weight is 1300 g/mol. The summed E-state index contributed by atoms with van der Waals surface area (Å²) in [4.78, 5) is 185. The van der Waals surface area contributed by atoms with E-state index in [9.17, 15) is 82.8 Å². The number of nitrogens with one attached hydrogen (secondary N) is 11. The number of aliphatic hydroxyl groups excluding tert-OH is 1. The number of unbranched alkanes of at least 4 members (excludes halogenated alkanes) is 1. The van der Waals surface area contributed by atoms with Gasteiger partial charge in [-0.1, -0.05) is 44.2 Å². The fourth-order valence-corrected chi connectivity index (χ4v) is 10.6. The molecule has 0 unspecified atom stereocenters. The molecule has 2 aliphatic rings. The molecule has 0 saturated carbocycles. The molecular weight excluding hydrogens is 1210 g/mol. The number of carbonyl (C=O) groups excluding carboxylic acids is 11. The van der Waals surface area contributed by atoms with Crippen molar-refractivity contribution >= 4 is 113 Å². The van der Waals surface area contributed by atoms with Crippen molar-refractivity contribution in [3.63, 3.8) is 0 Å². The number of carbonyl (C=O) groups is 13. The largest absolute Gasteiger partial charge is 0.508 e. The van der Waals surface area contributed by atoms with Crippen LogP contribution in [0.1, 0.15) is 90.2 Å². The predicted molar refractivity (Wildman–Crippen MR) is 330 cm³/mol. The summed E-state index contributed by atoms with van der Waals surface area (Å²) in [5.74, 6) is -15.9. The van der Waals surface area contributed by atoms with Crippen LogP contribution in [0, 0.1) is 5.92 Å². The number of aromatic amines is 1. The number of hydrogen-bond acceptors (Lipinski definition) is 18. The maximum absolute atomic E-state index is 14.7. The van der Waals surface area contributed by atoms with Gasteiger partial charge in [-0.2, -0.15) is 25.3 Å². The molecule has 2 aliphatic heterocycles. The zero-order chi connectivity index (χ0) is 66.5. The van der Waals surface area contributed by atoms with Crippen molar-refractivity contribution in [2.75, 3.05) is 24.6 Å². The predicted octanol–water partition coefficient (Wildman–Crippen LogP) is -3.10. The van der Waals surface area contributed by atoms with E-state index in [-0.39, 0.29) is 57.4 Å². The second-order valence-electron chi connectivity index (χ2n) is 22.4. The van der Waals surface area contributed by atoms with Gasteiger partial charge in [0, 0.05) is 54.4 Å². The number of aliphatic hydroxyl groups is 1. The standard InChI is InChI=1S/C58H81N13O17S2/c1-28(2)46-57(87)63-37(18-19-44(74)75)50(80)70-47(30(4)72)58(88)71-21-9-13-43(71)56(86)66-40(24-45(76)77)53(83)67-41(26-89)54(84)61-29(3)48(78)64-39(23-32-25-60-35-11-6-5-10-34(32)35)52(82)62-36(12-7-8-20-59)49(79)65-38(22-31-14-16-33(73)17-15-31)51(81)68-42(27-90)55(85)69-46/h5-6,10-11,14-17,25,28-30,36-43,46-47,60,72-73,89-90H,7-9,12-13,18-24,26-27,59H2,1-4H3,(H,61,84)(H,62,82)(H,63,87)(H,64,78)(H,65,79)(H,66,86)(H,67,83)(H,68,81)(H,69,85)(H,70,80)(H,74,75)(H,76,77)/t29-,30+,36-,37-,38-,39-,40-,41-,42-,43-,46-,47-/m0/s1. The second kappa shape index (κ2) is 34.5. The molecule has 12 atom stereocenters. The van der Waals surface area contributed by atoms with E-state index in [0.29, 0.717) is 28.5 Å². The van der Waals surface area contributed by atoms with Gasteiger partial charge in [-0.05, 0) is 94.2 Å². The van der Waals surface area contributed by atoms with Crippen LogP contribution >= 0.6 is 25.3 Å². The third-order valence-electron chi connectivity index (χ3n) is 15.1. The Morgan fingerprint density at radius 3 is 1.70 bits per heavy atom. The number of hydrogen-bond donors (Lipinski definition) is 18. The van der Waals surface area contributed by atoms with Gasteiger partial charge in [0.25, 0.3) is 0 Å². The lowest BCUT2D eigenvalue weighted by atomic mass is 10.0. The number of para-hydroxylation sites is 1. The Bertz CT molecular complexity index is 3090. The first kappa shape index (κ1) is 72.3. The van der Waals surface area contributed by atoms with Crippen molar-refractivity contribution in [1.29, 1.82) is 0 Å². The summed E-state index contributed by atoms with van der Waals surface area (Å²) in [7, 11) is 0. The number of phenols is 1. The van der Waals surface area contributed by atoms with Gasteiger partial charge < -0.3 is 89.2 Å². The molecule has 492 valence electrons. The van der Waals surface area contributed by atoms with E-state index in [4.69, 9.17) is 5.73 Å². The van der Waals surface area contributed by atoms with Crippen LogP contribution in [0.5, 0.6) is 5.75 Å². The highest BCUT2D eigenvalue weighted by Gasteiger charge is 2.43. The van der Waals surface area contributed by atoms with Crippen LogP contribution in [0.15, 0.2) is 54.7 Å². The van der Waals surface area contributed by atoms with Crippen molar-refractivity contribution in [3.8, 4) is 5.75 Å². The molecule has 30 nitrogen and oxygen atoms in total. The quantitative estimate of drug-likeness (QED) is 0.0470. The monoisotopic (exact) mass is 1300 g/mol. The van der Waals surface area contributed by atoms with E-state index in [1.165, 1.54) is 45.0 Å². The number of aromatic nitrogens is 1. The lowest BCUT2D eigenvalue weighted by molar-refractivity contribution is -0.145. The van der Waals surface area contributed by atoms with Crippen LogP contribution in [0.25, 0.3) is 10.9 Å². The number of phenolic OH excluding ortho intramolecular Hbond substituents is 1. The normalized spacial score (nSPS) is 25.9. The van der Waals surface area contributed by atoms with Crippen molar-refractivity contribution in [1.82, 2.24) is 63.1 Å². The third-order valence-corrected chi connectivity index (χ3v) is 15.9. The Balaban J connectivity index is 1.58. The van der Waals surface area contributed by atoms with Crippen molar-refractivity contribution in [2.45, 2.75) is 164 Å². The van der Waals surface area contributed by atoms with Gasteiger partial charge in [-0.25, -0.2) is 0 Å². The summed E-state index contributed by atoms with van der Waals surface area (Å²) in [6.45, 7) is 5.45. The van der Waals surface area contributed by atoms with Gasteiger partial charge in [-0.15, -0.1) is 0 Å². The number of nitrogens with two attached hydrogens (primary N) is 1. The lowest BCUT2D eigenvalue weighted by Gasteiger charge is -2.32. The van der Waals surface area contributed by atoms with E-state index in [1.807, 2.05) is 0 Å². The molecule has 5 rings (SSSR count). The molecule has 0 radical (unpaired) electrons. The van der Waals surface area contributed by atoms with Crippen molar-refractivity contribution < 1.29 is 82.8 Å². The Labute approximate surface area is 529 Å². The van der Waals surface area contributed by atoms with Gasteiger partial charge in [0.2, 0.25) is 65.0 Å². The van der Waals surface area contributed by atoms with Crippen LogP contribution in [-0.4, -0.2) is 204 Å². The first-order valence-corrected chi connectivity index (χ1v) is 30.6. The van der Waals surface area contributed by atoms with Gasteiger partial charge in [-0.3, -0.25) is 62.3 Å². The minimum atomic E-state index is -1.90. The first-order valence-electron chi connectivity index (χ1n) is 29.4. The van der Waals surface area contributed by atoms with Gasteiger partial charge in [0.15, 0.2) is 0 Å². The molecule has 3 aromatic rings. The van der Waals surface area contributed by atoms with Crippen LogP contribution in [0.2, 0.25) is 0 Å². The van der Waals surface area contributed by atoms with Crippen molar-refractivity contribution in [2.24, 2.45) is 11.7 Å². The molecule has 0 bridgehead atoms. The van der Waals surface area contributed by atoms with Gasteiger partial charge in [0.1, 0.15) is 72.2 Å². The Morgan fingerprint density at radius 2 is 1.10 bits per heavy atom. The summed E-state index contributed by atoms with van der Waals surface area (Å²) in [6, 6.07) is -4.86. The maximum atomic E-state index is 14.7. The molecule has 90 heavy (non-hydrogen) atoms. The van der Waals surface area contributed by atoms with Gasteiger partial charge in [0.05, 0.1) is 12.5 Å². The summed E-state index contributed by atoms with van der Waals surface area (Å²) in [6.07, 6.45) is -2.24. The number of nitrogens with zero attached hydrogens (tertiary/aromatic N) is 1. The Morgan fingerprint density at radius 1 is 0.589 bits per heavy atom. The maximum Gasteiger partial charge on any atom is 0.305 e. The van der Waals surface area contributed by atoms with E-state index in [0.717, 1.165) is 11.8 Å². The van der Waals surface area contributed by atoms with E-state index in [2.05, 4.69) is 83.4 Å². The van der Waals surface area contributed by atoms with E-state index < -0.39 is 186 Å². The molecular formula is C58H81N13O17S2. The highest BCUT2D eigenvalue weighted by molar-refractivity contribution is 7.80. The number of carboxylic acids is 2. The molecule has 2 saturated heterocycles. The summed E-state index contributed by atoms with van der Waals surface area (Å²) in [5, 5.41) is 66.2. The minimum Gasteiger partial charge on any atom is -0.508 e. The SMILES string of the molecule is CC(C)[C@@H]1NC(=O)[C@H](CS)NC(=O)[C@H](Cc2ccc(O)cc2)NC(=O)[C@H](CCCCN)NC(=O)[C@H](Cc2c[nH]c3ccccc23)NC(=O)[C@H](C)NC(=O)[C@H](CS)NC(=O)[C@H](CC(=O)O)NC(=O)[C@@H]2CCCN2C(=O)[C@H]([C@@H](C)O)NC(=O)[C@H](CCC(=O)O)NC1=O. The number of amides is 11. The highest BCUT2D eigenvalue weighted by atomic mass is 32.1. The number of fused-ring (bicyclic) bond motifs is 2. The Kier molecular flexibility index (Phi) is 27.7. The first-order chi connectivity index (χ1) is 42.7. The summed E-state index contributed by atoms with van der Waals surface area (Å²) < 4.78 is 0. The molecule has 2 aromatic carbocycles. The molecule has 0 spiro atoms. The number of rotatable bonds is 17. The third kappa shape index (κ3) is 20.8. The second-order valence-corrected chi connectivity index (χ2v) is 23.1. The summed E-state index contributed by atoms with van der Waals surface area (Å²) in [5.41, 5.74) is 7.46. The smallest absolute Gasteiger partial charge is 0.305 e. The lowest BCUT2D eigenvalue weighted by Crippen LogP contribution is -2.62. The topological polar surface area (TPSA) is 468 Å². The fourth-order valence-electron chi connectivity index (χ4n) is 10.1. The molecule has 0 aliphatic carbocycles. The molecule has 32 heteroatoms. The van der Waals surface area contributed by atoms with Crippen LogP contribution in [0.4, 0.5) is 0 Å². The van der Waals surface area contributed by atoms with Crippen LogP contribution in [-0.2, 0) is 75.2 Å². The number of H-pyrrole nitrogens is 1. The highest BCUT2D eigenvalue weighted by Crippen LogP contribution is 2.22. The average Bonchev–Trinajstić information content (AvgIpc) is 1.85. The number of aliphatic carboxylic acids is 2. The molecule has 2 fully saturated rings. The molecule has 3 heterocycles. The number of aromatic hydroxyl groups is 1. The molecule has 17 N–H and O–H groups in total. The summed E-state index contributed by atoms with van der Waals surface area (Å²) >= 11 is 8.51. The van der Waals surface area contributed by atoms with E-state index in [1.54, 1.807) is 30.5 Å². The van der Waals surface area contributed by atoms with Crippen molar-refractivity contribution in [3.05, 3.63) is 65.9 Å². The number of thiol groups is 2. The van der Waals surface area contributed by atoms with Gasteiger partial charge >= 0.3 is 11.9 Å². The Hall–Kier alpha value is -8.49. The molecule has 11 amide bonds. The molecule has 1 aromatic heterocycles. The number of benzene rings is 2. The van der Waals surface area contributed by atoms with E-state index >= 15 is 0 Å². The fraction of sp³-hybridized carbons (Fsp3) is 0.534.